The predicted octanol–water partition coefficient (Wildman–Crippen LogP) is -0.285. The summed E-state index contributed by atoms with van der Waals surface area (Å²) >= 11 is 2.95. The molecule has 0 aliphatic carbocycles. The molecule has 15 heavy (non-hydrogen) atoms. The minimum absolute atomic E-state index is 0.0687. The highest BCUT2D eigenvalue weighted by atomic mass is 79.9. The summed E-state index contributed by atoms with van der Waals surface area (Å²) in [5, 5.41) is 2.61. The summed E-state index contributed by atoms with van der Waals surface area (Å²) < 4.78 is 1.95. The normalized spacial score (nSPS) is 10.8. The summed E-state index contributed by atoms with van der Waals surface area (Å²) in [6, 6.07) is 0. The fraction of sp³-hybridized carbons (Fsp3) is 0.167. The molecule has 0 amide bonds. The largest absolute Gasteiger partial charge is 0.329 e. The summed E-state index contributed by atoms with van der Waals surface area (Å²) in [7, 11) is 1.43. The Morgan fingerprint density at radius 2 is 2.13 bits per heavy atom. The third kappa shape index (κ3) is 1.23. The molecule has 0 saturated carbocycles. The number of nitroso groups, excluding NO2 is 1. The Hall–Kier alpha value is -1.77. The van der Waals surface area contributed by atoms with Gasteiger partial charge in [-0.05, 0) is 15.9 Å². The second-order valence-electron chi connectivity index (χ2n) is 2.76. The molecule has 0 atom stereocenters. The Morgan fingerprint density at radius 1 is 1.47 bits per heavy atom. The van der Waals surface area contributed by atoms with Crippen LogP contribution in [0, 0.1) is 4.91 Å². The van der Waals surface area contributed by atoms with Crippen molar-refractivity contribution >= 4 is 27.1 Å². The topological polar surface area (TPSA) is 102 Å². The van der Waals surface area contributed by atoms with Gasteiger partial charge in [-0.2, -0.15) is 4.68 Å². The van der Waals surface area contributed by atoms with E-state index in [1.807, 2.05) is 4.98 Å². The van der Waals surface area contributed by atoms with Crippen LogP contribution in [-0.2, 0) is 7.05 Å². The van der Waals surface area contributed by atoms with Gasteiger partial charge < -0.3 is 0 Å². The SMILES string of the molecule is Cn1c(=O)[nH]c(=O)c2c1nc(Br)n2N=O. The Balaban J connectivity index is 3.16. The first-order valence-corrected chi connectivity index (χ1v) is 4.56. The van der Waals surface area contributed by atoms with E-state index in [1.165, 1.54) is 7.05 Å². The van der Waals surface area contributed by atoms with Crippen molar-refractivity contribution in [3.63, 3.8) is 0 Å². The van der Waals surface area contributed by atoms with Crippen LogP contribution in [0.25, 0.3) is 11.2 Å². The maximum Gasteiger partial charge on any atom is 0.329 e. The summed E-state index contributed by atoms with van der Waals surface area (Å²) in [6.45, 7) is 0. The minimum Gasteiger partial charge on any atom is -0.279 e. The monoisotopic (exact) mass is 273 g/mol. The van der Waals surface area contributed by atoms with Gasteiger partial charge in [0.1, 0.15) is 0 Å². The molecule has 0 unspecified atom stereocenters. The number of halogens is 1. The summed E-state index contributed by atoms with van der Waals surface area (Å²) in [5.41, 5.74) is -1.28. The minimum atomic E-state index is -0.703. The quantitative estimate of drug-likeness (QED) is 0.570. The Kier molecular flexibility index (Phi) is 2.03. The number of hydrogen-bond acceptors (Lipinski definition) is 5. The first-order valence-electron chi connectivity index (χ1n) is 3.77. The molecular formula is C6H4BrN5O3. The third-order valence-corrected chi connectivity index (χ3v) is 2.45. The molecule has 2 aromatic heterocycles. The number of H-pyrrole nitrogens is 1. The van der Waals surface area contributed by atoms with E-state index in [0.29, 0.717) is 0 Å². The van der Waals surface area contributed by atoms with Crippen LogP contribution in [0.15, 0.2) is 19.6 Å². The maximum absolute atomic E-state index is 11.4. The first-order chi connectivity index (χ1) is 7.06. The molecule has 1 N–H and O–H groups in total. The number of aryl methyl sites for hydroxylation is 1. The number of rotatable bonds is 1. The van der Waals surface area contributed by atoms with E-state index in [9.17, 15) is 14.5 Å². The van der Waals surface area contributed by atoms with Crippen molar-refractivity contribution in [2.45, 2.75) is 0 Å². The van der Waals surface area contributed by atoms with Gasteiger partial charge in [-0.15, -0.1) is 4.91 Å². The van der Waals surface area contributed by atoms with Crippen molar-refractivity contribution in [2.24, 2.45) is 12.3 Å². The van der Waals surface area contributed by atoms with E-state index in [4.69, 9.17) is 0 Å². The van der Waals surface area contributed by atoms with Crippen molar-refractivity contribution < 1.29 is 0 Å². The van der Waals surface area contributed by atoms with Crippen molar-refractivity contribution in [3.05, 3.63) is 30.5 Å². The van der Waals surface area contributed by atoms with Crippen LogP contribution in [0.2, 0.25) is 0 Å². The van der Waals surface area contributed by atoms with E-state index in [-0.39, 0.29) is 15.9 Å². The summed E-state index contributed by atoms with van der Waals surface area (Å²) in [5.74, 6) is 0. The third-order valence-electron chi connectivity index (χ3n) is 1.94. The van der Waals surface area contributed by atoms with Crippen molar-refractivity contribution in [3.8, 4) is 0 Å². The molecule has 0 fully saturated rings. The molecular weight excluding hydrogens is 270 g/mol. The lowest BCUT2D eigenvalue weighted by atomic mass is 10.5. The predicted molar refractivity (Wildman–Crippen MR) is 54.5 cm³/mol. The lowest BCUT2D eigenvalue weighted by Crippen LogP contribution is -2.28. The van der Waals surface area contributed by atoms with E-state index in [1.54, 1.807) is 0 Å². The maximum atomic E-state index is 11.4. The average molecular weight is 274 g/mol. The van der Waals surface area contributed by atoms with Gasteiger partial charge in [-0.3, -0.25) is 14.3 Å². The molecule has 0 radical (unpaired) electrons. The Morgan fingerprint density at radius 3 is 2.73 bits per heavy atom. The molecule has 2 heterocycles. The zero-order chi connectivity index (χ0) is 11.2. The standard InChI is InChI=1S/C6H4BrN5O3/c1-11-3-2(4(13)9-6(11)14)12(10-15)5(7)8-3/h1H3,(H,9,13,14). The zero-order valence-corrected chi connectivity index (χ0v) is 8.98. The first kappa shape index (κ1) is 9.77. The average Bonchev–Trinajstić information content (AvgIpc) is 2.52. The van der Waals surface area contributed by atoms with E-state index >= 15 is 0 Å². The molecule has 8 nitrogen and oxygen atoms in total. The number of hydrogen-bond donors (Lipinski definition) is 1. The van der Waals surface area contributed by atoms with E-state index in [0.717, 1.165) is 9.24 Å². The van der Waals surface area contributed by atoms with Gasteiger partial charge in [-0.1, -0.05) is 0 Å². The molecule has 0 bridgehead atoms. The van der Waals surface area contributed by atoms with Gasteiger partial charge in [0.2, 0.25) is 4.73 Å². The van der Waals surface area contributed by atoms with Gasteiger partial charge in [0.05, 0.1) is 5.29 Å². The lowest BCUT2D eigenvalue weighted by molar-refractivity contribution is 0.825. The van der Waals surface area contributed by atoms with Crippen LogP contribution < -0.4 is 11.2 Å². The van der Waals surface area contributed by atoms with E-state index in [2.05, 4.69) is 26.2 Å². The number of nitrogens with one attached hydrogen (secondary N) is 1. The number of aromatic nitrogens is 4. The smallest absolute Gasteiger partial charge is 0.279 e. The Bertz CT molecular complexity index is 666. The van der Waals surface area contributed by atoms with Gasteiger partial charge >= 0.3 is 5.69 Å². The van der Waals surface area contributed by atoms with Gasteiger partial charge in [-0.25, -0.2) is 9.78 Å². The summed E-state index contributed by atoms with van der Waals surface area (Å²) in [6.07, 6.45) is 0. The van der Waals surface area contributed by atoms with Crippen LogP contribution in [0.4, 0.5) is 0 Å². The highest BCUT2D eigenvalue weighted by molar-refractivity contribution is 9.10. The molecule has 0 aromatic carbocycles. The molecule has 2 rings (SSSR count). The second-order valence-corrected chi connectivity index (χ2v) is 3.47. The molecule has 9 heteroatoms. The van der Waals surface area contributed by atoms with Crippen LogP contribution in [-0.4, -0.2) is 19.2 Å². The highest BCUT2D eigenvalue weighted by Crippen LogP contribution is 2.14. The fourth-order valence-corrected chi connectivity index (χ4v) is 1.63. The van der Waals surface area contributed by atoms with Gasteiger partial charge in [0.15, 0.2) is 11.2 Å². The van der Waals surface area contributed by atoms with Crippen molar-refractivity contribution in [2.75, 3.05) is 0 Å². The zero-order valence-electron chi connectivity index (χ0n) is 7.39. The molecule has 0 aliphatic rings. The molecule has 0 aliphatic heterocycles. The number of nitrogens with zero attached hydrogens (tertiary/aromatic N) is 4. The fourth-order valence-electron chi connectivity index (χ4n) is 1.22. The number of aromatic amines is 1. The van der Waals surface area contributed by atoms with Gasteiger partial charge in [0, 0.05) is 7.05 Å². The van der Waals surface area contributed by atoms with Crippen LogP contribution in [0.3, 0.4) is 0 Å². The second kappa shape index (κ2) is 3.12. The van der Waals surface area contributed by atoms with Crippen molar-refractivity contribution in [1.82, 2.24) is 19.2 Å². The van der Waals surface area contributed by atoms with Gasteiger partial charge in [0.25, 0.3) is 5.56 Å². The van der Waals surface area contributed by atoms with Crippen molar-refractivity contribution in [1.29, 1.82) is 0 Å². The van der Waals surface area contributed by atoms with E-state index < -0.39 is 11.2 Å². The summed E-state index contributed by atoms with van der Waals surface area (Å²) in [4.78, 5) is 38.9. The van der Waals surface area contributed by atoms with Crippen LogP contribution in [0.5, 0.6) is 0 Å². The van der Waals surface area contributed by atoms with Crippen LogP contribution >= 0.6 is 15.9 Å². The number of imidazole rings is 1. The molecule has 0 saturated heterocycles. The highest BCUT2D eigenvalue weighted by Gasteiger charge is 2.15. The van der Waals surface area contributed by atoms with Crippen LogP contribution in [0.1, 0.15) is 0 Å². The number of fused-ring (bicyclic) bond motifs is 1. The molecule has 2 aromatic rings. The molecule has 0 spiro atoms. The molecule has 78 valence electrons. The lowest BCUT2D eigenvalue weighted by Gasteiger charge is -1.95. The Labute approximate surface area is 89.6 Å².